The normalized spacial score (nSPS) is 12.7. The van der Waals surface area contributed by atoms with Crippen LogP contribution in [0.25, 0.3) is 0 Å². The number of esters is 2. The molecule has 0 unspecified atom stereocenters. The predicted molar refractivity (Wildman–Crippen MR) is 198 cm³/mol. The lowest BCUT2D eigenvalue weighted by Crippen LogP contribution is -2.29. The first-order chi connectivity index (χ1) is 23.7. The van der Waals surface area contributed by atoms with Crippen LogP contribution in [-0.2, 0) is 32.9 Å². The molecule has 0 spiro atoms. The van der Waals surface area contributed by atoms with E-state index in [1.165, 1.54) is 64.2 Å². The lowest BCUT2D eigenvalue weighted by atomic mass is 10.1. The quantitative estimate of drug-likeness (QED) is 0.0164. The fourth-order valence-corrected chi connectivity index (χ4v) is 5.53. The monoisotopic (exact) mass is 712 g/mol. The van der Waals surface area contributed by atoms with Gasteiger partial charge >= 0.3 is 19.8 Å². The van der Waals surface area contributed by atoms with E-state index in [9.17, 15) is 18.9 Å². The van der Waals surface area contributed by atoms with Crippen molar-refractivity contribution in [2.75, 3.05) is 13.2 Å². The Kier molecular flexibility index (Phi) is 32.9. The number of carbonyl (C=O) groups excluding carboxylic acids is 3. The summed E-state index contributed by atoms with van der Waals surface area (Å²) in [7, 11) is -4.78. The second-order valence-electron chi connectivity index (χ2n) is 12.9. The van der Waals surface area contributed by atoms with E-state index >= 15 is 0 Å². The Morgan fingerprint density at radius 3 is 1.63 bits per heavy atom. The molecule has 0 saturated heterocycles. The fraction of sp³-hybridized carbons (Fsp3) is 0.769. The molecular formula is C39H69O9P. The van der Waals surface area contributed by atoms with Crippen LogP contribution < -0.4 is 0 Å². The van der Waals surface area contributed by atoms with Gasteiger partial charge in [-0.05, 0) is 63.9 Å². The van der Waals surface area contributed by atoms with Gasteiger partial charge in [-0.2, -0.15) is 0 Å². The third-order valence-electron chi connectivity index (χ3n) is 8.11. The van der Waals surface area contributed by atoms with Gasteiger partial charge in [0.25, 0.3) is 0 Å². The highest BCUT2D eigenvalue weighted by Crippen LogP contribution is 2.36. The average molecular weight is 713 g/mol. The van der Waals surface area contributed by atoms with Gasteiger partial charge in [0, 0.05) is 19.3 Å². The van der Waals surface area contributed by atoms with E-state index in [1.54, 1.807) is 12.2 Å². The smallest absolute Gasteiger partial charge is 0.462 e. The van der Waals surface area contributed by atoms with Gasteiger partial charge in [0.05, 0.1) is 6.61 Å². The molecule has 0 saturated carbocycles. The van der Waals surface area contributed by atoms with Crippen LogP contribution in [0.1, 0.15) is 174 Å². The molecule has 0 radical (unpaired) electrons. The number of rotatable bonds is 35. The molecule has 0 aliphatic carbocycles. The molecule has 0 heterocycles. The number of hydrogen-bond acceptors (Lipinski definition) is 7. The highest BCUT2D eigenvalue weighted by molar-refractivity contribution is 7.46. The number of unbranched alkanes of at least 4 members (excludes halogenated alkanes) is 18. The van der Waals surface area contributed by atoms with Crippen molar-refractivity contribution in [2.45, 2.75) is 180 Å². The lowest BCUT2D eigenvalue weighted by molar-refractivity contribution is -0.161. The standard InChI is InChI=1S/C39H69O9P/c1-3-5-7-9-11-12-13-14-15-16-17-18-20-24-28-32-38(41)46-34-37(35-47-49(43,44)45)48-39(42)33-29-25-21-23-27-31-36(40)30-26-22-19-10-8-6-4-2/h14-15,19,22,26,30,37H,3-13,16-18,20-21,23-25,27-29,31-35H2,1-2H3,(H2,43,44,45)/b15-14-,22-19-,30-26+/t37-/m1/s1. The topological polar surface area (TPSA) is 136 Å². The SMILES string of the molecule is CCCCC/C=C\C=C\C(=O)CCCCCCCC(=O)O[C@H](COC(=O)CCCCCCC/C=C\CCCCCCCC)COP(=O)(O)O. The zero-order valence-electron chi connectivity index (χ0n) is 30.8. The van der Waals surface area contributed by atoms with Crippen molar-refractivity contribution in [1.82, 2.24) is 0 Å². The first kappa shape index (κ1) is 46.9. The summed E-state index contributed by atoms with van der Waals surface area (Å²) >= 11 is 0. The average Bonchev–Trinajstić information content (AvgIpc) is 3.06. The molecule has 1 atom stereocenters. The van der Waals surface area contributed by atoms with Crippen LogP contribution in [0, 0.1) is 0 Å². The minimum absolute atomic E-state index is 0.110. The number of hydrogen-bond donors (Lipinski definition) is 2. The highest BCUT2D eigenvalue weighted by atomic mass is 31.2. The van der Waals surface area contributed by atoms with Crippen molar-refractivity contribution >= 4 is 25.5 Å². The molecule has 0 aliphatic rings. The summed E-state index contributed by atoms with van der Waals surface area (Å²) in [5.41, 5.74) is 0. The van der Waals surface area contributed by atoms with Gasteiger partial charge in [-0.3, -0.25) is 18.9 Å². The second kappa shape index (κ2) is 34.4. The van der Waals surface area contributed by atoms with E-state index in [2.05, 4.69) is 36.6 Å². The molecule has 10 heteroatoms. The van der Waals surface area contributed by atoms with Crippen molar-refractivity contribution in [3.8, 4) is 0 Å². The van der Waals surface area contributed by atoms with Crippen LogP contribution in [0.2, 0.25) is 0 Å². The van der Waals surface area contributed by atoms with Crippen molar-refractivity contribution < 1.29 is 42.7 Å². The maximum absolute atomic E-state index is 12.4. The summed E-state index contributed by atoms with van der Waals surface area (Å²) in [6.45, 7) is 3.51. The van der Waals surface area contributed by atoms with Gasteiger partial charge in [0.2, 0.25) is 0 Å². The van der Waals surface area contributed by atoms with Gasteiger partial charge in [-0.25, -0.2) is 4.57 Å². The number of carbonyl (C=O) groups is 3. The van der Waals surface area contributed by atoms with E-state index in [0.717, 1.165) is 64.2 Å². The van der Waals surface area contributed by atoms with E-state index in [-0.39, 0.29) is 25.2 Å². The first-order valence-electron chi connectivity index (χ1n) is 19.2. The largest absolute Gasteiger partial charge is 0.469 e. The maximum atomic E-state index is 12.4. The Bertz CT molecular complexity index is 954. The molecule has 0 bridgehead atoms. The molecule has 49 heavy (non-hydrogen) atoms. The summed E-state index contributed by atoms with van der Waals surface area (Å²) in [6.07, 6.45) is 35.4. The summed E-state index contributed by atoms with van der Waals surface area (Å²) in [5, 5.41) is 0. The van der Waals surface area contributed by atoms with Crippen molar-refractivity contribution in [3.63, 3.8) is 0 Å². The van der Waals surface area contributed by atoms with Gasteiger partial charge < -0.3 is 19.3 Å². The molecule has 2 N–H and O–H groups in total. The molecule has 0 rings (SSSR count). The second-order valence-corrected chi connectivity index (χ2v) is 14.2. The van der Waals surface area contributed by atoms with E-state index in [1.807, 2.05) is 6.08 Å². The first-order valence-corrected chi connectivity index (χ1v) is 20.8. The summed E-state index contributed by atoms with van der Waals surface area (Å²) in [4.78, 5) is 54.7. The molecule has 0 aromatic carbocycles. The third kappa shape index (κ3) is 37.0. The number of ketones is 1. The number of phosphoric ester groups is 1. The predicted octanol–water partition coefficient (Wildman–Crippen LogP) is 10.6. The molecule has 0 amide bonds. The zero-order valence-corrected chi connectivity index (χ0v) is 31.7. The molecule has 0 aromatic rings. The van der Waals surface area contributed by atoms with Crippen molar-refractivity contribution in [3.05, 3.63) is 36.5 Å². The molecular weight excluding hydrogens is 643 g/mol. The van der Waals surface area contributed by atoms with Crippen LogP contribution >= 0.6 is 7.82 Å². The Morgan fingerprint density at radius 1 is 0.571 bits per heavy atom. The Balaban J connectivity index is 4.07. The highest BCUT2D eigenvalue weighted by Gasteiger charge is 2.22. The third-order valence-corrected chi connectivity index (χ3v) is 8.59. The number of allylic oxidation sites excluding steroid dienone is 6. The minimum atomic E-state index is -4.78. The van der Waals surface area contributed by atoms with Crippen LogP contribution in [0.15, 0.2) is 36.5 Å². The van der Waals surface area contributed by atoms with Crippen LogP contribution in [0.4, 0.5) is 0 Å². The number of ether oxygens (including phenoxy) is 2. The summed E-state index contributed by atoms with van der Waals surface area (Å²) < 4.78 is 26.2. The van der Waals surface area contributed by atoms with Crippen LogP contribution in [0.5, 0.6) is 0 Å². The lowest BCUT2D eigenvalue weighted by Gasteiger charge is -2.18. The van der Waals surface area contributed by atoms with E-state index < -0.39 is 32.5 Å². The van der Waals surface area contributed by atoms with Gasteiger partial charge in [0.1, 0.15) is 6.61 Å². The molecule has 0 aliphatic heterocycles. The molecule has 0 fully saturated rings. The molecule has 9 nitrogen and oxygen atoms in total. The van der Waals surface area contributed by atoms with Gasteiger partial charge in [0.15, 0.2) is 11.9 Å². The van der Waals surface area contributed by atoms with Crippen molar-refractivity contribution in [2.24, 2.45) is 0 Å². The Morgan fingerprint density at radius 2 is 1.04 bits per heavy atom. The van der Waals surface area contributed by atoms with E-state index in [0.29, 0.717) is 19.3 Å². The molecule has 284 valence electrons. The Labute approximate surface area is 298 Å². The summed E-state index contributed by atoms with van der Waals surface area (Å²) in [5.74, 6) is -0.878. The van der Waals surface area contributed by atoms with Gasteiger partial charge in [-0.1, -0.05) is 128 Å². The van der Waals surface area contributed by atoms with Gasteiger partial charge in [-0.15, -0.1) is 0 Å². The van der Waals surface area contributed by atoms with Crippen molar-refractivity contribution in [1.29, 1.82) is 0 Å². The zero-order chi connectivity index (χ0) is 36.3. The fourth-order valence-electron chi connectivity index (χ4n) is 5.17. The van der Waals surface area contributed by atoms with E-state index in [4.69, 9.17) is 19.3 Å². The summed E-state index contributed by atoms with van der Waals surface area (Å²) in [6, 6.07) is 0. The van der Waals surface area contributed by atoms with Crippen LogP contribution in [0.3, 0.4) is 0 Å². The maximum Gasteiger partial charge on any atom is 0.469 e. The molecule has 0 aromatic heterocycles. The van der Waals surface area contributed by atoms with Crippen LogP contribution in [-0.4, -0.2) is 46.8 Å². The number of phosphoric acid groups is 1. The minimum Gasteiger partial charge on any atom is -0.462 e. The Hall–Kier alpha value is -2.06.